The number of hydrogen-bond acceptors (Lipinski definition) is 4. The molecule has 0 aliphatic heterocycles. The molecular weight excluding hydrogens is 335 g/mol. The molecule has 0 saturated carbocycles. The van der Waals surface area contributed by atoms with E-state index in [0.29, 0.717) is 24.3 Å². The van der Waals surface area contributed by atoms with Gasteiger partial charge in [-0.25, -0.2) is 12.8 Å². The number of rotatable bonds is 6. The minimum absolute atomic E-state index is 0.0644. The van der Waals surface area contributed by atoms with Gasteiger partial charge in [-0.2, -0.15) is 11.3 Å². The third-order valence-electron chi connectivity index (χ3n) is 2.73. The summed E-state index contributed by atoms with van der Waals surface area (Å²) < 4.78 is 40.7. The molecule has 0 radical (unpaired) electrons. The Kier molecular flexibility index (Phi) is 5.21. The molecule has 8 heteroatoms. The molecule has 1 aromatic carbocycles. The first-order valence-electron chi connectivity index (χ1n) is 6.17. The van der Waals surface area contributed by atoms with E-state index in [1.165, 1.54) is 17.4 Å². The standard InChI is InChI=1S/C13H14ClFN2O2S2/c1-2-16-7-9-5-11(6-12(15)13(9)14)21(18,19)17-10-3-4-20-8-10/h3-6,8,16-17H,2,7H2,1H3. The van der Waals surface area contributed by atoms with Gasteiger partial charge < -0.3 is 5.32 Å². The van der Waals surface area contributed by atoms with Crippen LogP contribution in [0, 0.1) is 5.82 Å². The number of nitrogens with one attached hydrogen (secondary N) is 2. The van der Waals surface area contributed by atoms with Gasteiger partial charge in [-0.1, -0.05) is 18.5 Å². The molecule has 0 aliphatic rings. The maximum absolute atomic E-state index is 13.8. The number of hydrogen-bond donors (Lipinski definition) is 2. The van der Waals surface area contributed by atoms with Gasteiger partial charge in [0.2, 0.25) is 0 Å². The second-order valence-corrected chi connectivity index (χ2v) is 7.12. The molecule has 0 bridgehead atoms. The zero-order chi connectivity index (χ0) is 15.5. The van der Waals surface area contributed by atoms with Crippen LogP contribution >= 0.6 is 22.9 Å². The highest BCUT2D eigenvalue weighted by Crippen LogP contribution is 2.26. The van der Waals surface area contributed by atoms with Crippen molar-refractivity contribution in [3.05, 3.63) is 45.4 Å². The minimum Gasteiger partial charge on any atom is -0.313 e. The lowest BCUT2D eigenvalue weighted by molar-refractivity contribution is 0.593. The smallest absolute Gasteiger partial charge is 0.262 e. The molecule has 0 amide bonds. The van der Waals surface area contributed by atoms with Gasteiger partial charge in [-0.05, 0) is 35.7 Å². The first-order valence-corrected chi connectivity index (χ1v) is 8.98. The van der Waals surface area contributed by atoms with Crippen molar-refractivity contribution in [3.63, 3.8) is 0 Å². The Balaban J connectivity index is 2.36. The van der Waals surface area contributed by atoms with Gasteiger partial charge in [0, 0.05) is 11.9 Å². The molecule has 1 aromatic heterocycles. The van der Waals surface area contributed by atoms with E-state index in [1.807, 2.05) is 6.92 Å². The molecule has 2 rings (SSSR count). The van der Waals surface area contributed by atoms with Gasteiger partial charge in [-0.3, -0.25) is 4.72 Å². The second-order valence-electron chi connectivity index (χ2n) is 4.28. The Bertz CT molecular complexity index is 718. The van der Waals surface area contributed by atoms with E-state index in [1.54, 1.807) is 16.8 Å². The highest BCUT2D eigenvalue weighted by Gasteiger charge is 2.19. The zero-order valence-corrected chi connectivity index (χ0v) is 13.6. The van der Waals surface area contributed by atoms with Crippen LogP contribution in [0.2, 0.25) is 5.02 Å². The Morgan fingerprint density at radius 2 is 2.14 bits per heavy atom. The molecule has 0 fully saturated rings. The van der Waals surface area contributed by atoms with Crippen molar-refractivity contribution in [1.29, 1.82) is 0 Å². The third-order valence-corrected chi connectivity index (χ3v) is 5.19. The van der Waals surface area contributed by atoms with Crippen molar-refractivity contribution in [1.82, 2.24) is 5.32 Å². The molecule has 2 N–H and O–H groups in total. The van der Waals surface area contributed by atoms with Gasteiger partial charge in [0.1, 0.15) is 5.82 Å². The third kappa shape index (κ3) is 3.94. The van der Waals surface area contributed by atoms with Gasteiger partial charge >= 0.3 is 0 Å². The summed E-state index contributed by atoms with van der Waals surface area (Å²) >= 11 is 7.23. The van der Waals surface area contributed by atoms with Crippen LogP contribution in [0.25, 0.3) is 0 Å². The number of sulfonamides is 1. The van der Waals surface area contributed by atoms with Gasteiger partial charge in [0.15, 0.2) is 0 Å². The fourth-order valence-corrected chi connectivity index (χ4v) is 3.65. The Morgan fingerprint density at radius 3 is 2.76 bits per heavy atom. The van der Waals surface area contributed by atoms with Crippen LogP contribution in [0.1, 0.15) is 12.5 Å². The largest absolute Gasteiger partial charge is 0.313 e. The average molecular weight is 349 g/mol. The molecule has 0 aliphatic carbocycles. The first kappa shape index (κ1) is 16.2. The fourth-order valence-electron chi connectivity index (χ4n) is 1.70. The van der Waals surface area contributed by atoms with Crippen molar-refractivity contribution in [3.8, 4) is 0 Å². The lowest BCUT2D eigenvalue weighted by atomic mass is 10.2. The maximum atomic E-state index is 13.8. The number of thiophene rings is 1. The van der Waals surface area contributed by atoms with E-state index >= 15 is 0 Å². The van der Waals surface area contributed by atoms with Crippen LogP contribution in [-0.2, 0) is 16.6 Å². The van der Waals surface area contributed by atoms with Crippen LogP contribution in [0.5, 0.6) is 0 Å². The molecule has 0 spiro atoms. The average Bonchev–Trinajstić information content (AvgIpc) is 2.92. The summed E-state index contributed by atoms with van der Waals surface area (Å²) in [6.07, 6.45) is 0. The Morgan fingerprint density at radius 1 is 1.38 bits per heavy atom. The quantitative estimate of drug-likeness (QED) is 0.840. The summed E-state index contributed by atoms with van der Waals surface area (Å²) in [5.74, 6) is -0.752. The molecule has 2 aromatic rings. The molecule has 114 valence electrons. The molecule has 21 heavy (non-hydrogen) atoms. The second kappa shape index (κ2) is 6.74. The molecular formula is C13H14ClFN2O2S2. The van der Waals surface area contributed by atoms with Gasteiger partial charge in [0.25, 0.3) is 10.0 Å². The topological polar surface area (TPSA) is 58.2 Å². The summed E-state index contributed by atoms with van der Waals surface area (Å²) in [6.45, 7) is 2.86. The predicted octanol–water partition coefficient (Wildman–Crippen LogP) is 3.45. The highest BCUT2D eigenvalue weighted by atomic mass is 35.5. The van der Waals surface area contributed by atoms with E-state index in [-0.39, 0.29) is 9.92 Å². The van der Waals surface area contributed by atoms with Crippen LogP contribution < -0.4 is 10.0 Å². The number of benzene rings is 1. The minimum atomic E-state index is -3.84. The van der Waals surface area contributed by atoms with Crippen LogP contribution in [0.15, 0.2) is 33.9 Å². The monoisotopic (exact) mass is 348 g/mol. The Hall–Kier alpha value is -1.15. The summed E-state index contributed by atoms with van der Waals surface area (Å²) in [5, 5.41) is 6.33. The van der Waals surface area contributed by atoms with E-state index in [2.05, 4.69) is 10.0 Å². The summed E-state index contributed by atoms with van der Waals surface area (Å²) in [6, 6.07) is 3.93. The summed E-state index contributed by atoms with van der Waals surface area (Å²) in [7, 11) is -3.84. The van der Waals surface area contributed by atoms with Crippen LogP contribution in [0.3, 0.4) is 0 Å². The molecule has 0 saturated heterocycles. The van der Waals surface area contributed by atoms with E-state index in [9.17, 15) is 12.8 Å². The fraction of sp³-hybridized carbons (Fsp3) is 0.231. The van der Waals surface area contributed by atoms with Crippen molar-refractivity contribution >= 4 is 38.6 Å². The van der Waals surface area contributed by atoms with Gasteiger partial charge in [0.05, 0.1) is 15.6 Å². The van der Waals surface area contributed by atoms with Crippen LogP contribution in [-0.4, -0.2) is 15.0 Å². The Labute approximate surface area is 132 Å². The van der Waals surface area contributed by atoms with Crippen LogP contribution in [0.4, 0.5) is 10.1 Å². The first-order chi connectivity index (χ1) is 9.94. The van der Waals surface area contributed by atoms with E-state index in [4.69, 9.17) is 11.6 Å². The molecule has 4 nitrogen and oxygen atoms in total. The van der Waals surface area contributed by atoms with Crippen molar-refractivity contribution in [2.75, 3.05) is 11.3 Å². The predicted molar refractivity (Wildman–Crippen MR) is 83.9 cm³/mol. The lowest BCUT2D eigenvalue weighted by Crippen LogP contribution is -2.16. The van der Waals surface area contributed by atoms with Crippen molar-refractivity contribution in [2.24, 2.45) is 0 Å². The normalized spacial score (nSPS) is 11.6. The van der Waals surface area contributed by atoms with E-state index in [0.717, 1.165) is 6.07 Å². The maximum Gasteiger partial charge on any atom is 0.262 e. The molecule has 0 atom stereocenters. The summed E-state index contributed by atoms with van der Waals surface area (Å²) in [4.78, 5) is -0.150. The SMILES string of the molecule is CCNCc1cc(S(=O)(=O)Nc2ccsc2)cc(F)c1Cl. The zero-order valence-electron chi connectivity index (χ0n) is 11.2. The highest BCUT2D eigenvalue weighted by molar-refractivity contribution is 7.92. The lowest BCUT2D eigenvalue weighted by Gasteiger charge is -2.11. The van der Waals surface area contributed by atoms with E-state index < -0.39 is 15.8 Å². The van der Waals surface area contributed by atoms with Gasteiger partial charge in [-0.15, -0.1) is 0 Å². The molecule has 0 unspecified atom stereocenters. The number of halogens is 2. The number of anilines is 1. The van der Waals surface area contributed by atoms with Crippen molar-refractivity contribution < 1.29 is 12.8 Å². The molecule has 1 heterocycles. The van der Waals surface area contributed by atoms with Crippen molar-refractivity contribution in [2.45, 2.75) is 18.4 Å². The summed E-state index contributed by atoms with van der Waals surface area (Å²) in [5.41, 5.74) is 0.854.